The summed E-state index contributed by atoms with van der Waals surface area (Å²) < 4.78 is 41.8. The van der Waals surface area contributed by atoms with E-state index in [1.807, 2.05) is 0 Å². The van der Waals surface area contributed by atoms with Crippen molar-refractivity contribution in [3.05, 3.63) is 11.8 Å². The summed E-state index contributed by atoms with van der Waals surface area (Å²) in [5, 5.41) is 9.13. The van der Waals surface area contributed by atoms with Crippen LogP contribution in [0.3, 0.4) is 0 Å². The van der Waals surface area contributed by atoms with Crippen molar-refractivity contribution in [3.63, 3.8) is 0 Å². The Kier molecular flexibility index (Phi) is 3.61. The Bertz CT molecular complexity index is 883. The van der Waals surface area contributed by atoms with Crippen LogP contribution < -0.4 is 5.73 Å². The van der Waals surface area contributed by atoms with Gasteiger partial charge in [0.25, 0.3) is 0 Å². The quantitative estimate of drug-likeness (QED) is 0.698. The molecular formula is C15H21N5O6S. The molecule has 1 aromatic rings. The molecule has 4 fully saturated rings. The smallest absolute Gasteiger partial charge is 0.418 e. The summed E-state index contributed by atoms with van der Waals surface area (Å²) in [5.41, 5.74) is 5.71. The van der Waals surface area contributed by atoms with Crippen LogP contribution in [0.2, 0.25) is 0 Å². The summed E-state index contributed by atoms with van der Waals surface area (Å²) in [6.07, 6.45) is 4.91. The van der Waals surface area contributed by atoms with Crippen LogP contribution in [0.4, 0.5) is 4.79 Å². The fourth-order valence-electron chi connectivity index (χ4n) is 4.82. The van der Waals surface area contributed by atoms with Crippen molar-refractivity contribution in [1.29, 1.82) is 0 Å². The van der Waals surface area contributed by atoms with E-state index in [0.29, 0.717) is 24.7 Å². The molecule has 1 aromatic heterocycles. The maximum absolute atomic E-state index is 12.7. The Morgan fingerprint density at radius 1 is 1.26 bits per heavy atom. The number of amides is 2. The summed E-state index contributed by atoms with van der Waals surface area (Å²) >= 11 is 0. The predicted octanol–water partition coefficient (Wildman–Crippen LogP) is 0.730. The minimum atomic E-state index is -4.78. The molecule has 0 radical (unpaired) electrons. The van der Waals surface area contributed by atoms with Gasteiger partial charge in [0.05, 0.1) is 6.04 Å². The molecule has 1 spiro atoms. The number of carbonyl (C=O) groups excluding carboxylic acids is 1. The normalized spacial score (nSPS) is 34.7. The number of rotatable bonds is 4. The van der Waals surface area contributed by atoms with E-state index in [9.17, 15) is 13.2 Å². The number of fused-ring (bicyclic) bond motifs is 3. The summed E-state index contributed by atoms with van der Waals surface area (Å²) in [7, 11) is -4.78. The summed E-state index contributed by atoms with van der Waals surface area (Å²) in [5.74, 6) is 1.04. The van der Waals surface area contributed by atoms with Gasteiger partial charge in [0.1, 0.15) is 6.04 Å². The van der Waals surface area contributed by atoms with Gasteiger partial charge in [-0.25, -0.2) is 4.79 Å². The highest BCUT2D eigenvalue weighted by Gasteiger charge is 2.65. The summed E-state index contributed by atoms with van der Waals surface area (Å²) in [4.78, 5) is 14.2. The zero-order chi connectivity index (χ0) is 19.0. The molecular weight excluding hydrogens is 378 g/mol. The van der Waals surface area contributed by atoms with Gasteiger partial charge in [-0.05, 0) is 43.9 Å². The molecule has 3 N–H and O–H groups in total. The first-order valence-corrected chi connectivity index (χ1v) is 10.5. The van der Waals surface area contributed by atoms with E-state index < -0.39 is 28.5 Å². The van der Waals surface area contributed by atoms with Gasteiger partial charge in [-0.2, -0.15) is 13.5 Å². The van der Waals surface area contributed by atoms with Gasteiger partial charge in [0, 0.05) is 18.5 Å². The van der Waals surface area contributed by atoms with Gasteiger partial charge in [0.15, 0.2) is 0 Å². The van der Waals surface area contributed by atoms with Gasteiger partial charge >= 0.3 is 16.4 Å². The summed E-state index contributed by atoms with van der Waals surface area (Å²) in [6.45, 7) is 0.297. The Morgan fingerprint density at radius 3 is 2.63 bits per heavy atom. The molecule has 2 saturated heterocycles. The molecule has 2 bridgehead atoms. The molecule has 11 nitrogen and oxygen atoms in total. The van der Waals surface area contributed by atoms with Crippen LogP contribution >= 0.6 is 0 Å². The maximum Gasteiger partial charge on any atom is 0.418 e. The predicted molar refractivity (Wildman–Crippen MR) is 88.3 cm³/mol. The average molecular weight is 399 g/mol. The third kappa shape index (κ3) is 2.82. The summed E-state index contributed by atoms with van der Waals surface area (Å²) in [6, 6.07) is -1.32. The molecule has 5 rings (SSSR count). The first-order valence-electron chi connectivity index (χ1n) is 9.11. The van der Waals surface area contributed by atoms with Crippen molar-refractivity contribution < 1.29 is 26.5 Å². The molecule has 4 aliphatic rings. The molecule has 2 aliphatic heterocycles. The third-order valence-corrected chi connectivity index (χ3v) is 6.75. The van der Waals surface area contributed by atoms with Crippen LogP contribution in [0, 0.1) is 5.41 Å². The minimum absolute atomic E-state index is 0.140. The number of hydroxylamine groups is 2. The molecule has 0 aromatic carbocycles. The van der Waals surface area contributed by atoms with E-state index in [2.05, 4.69) is 14.5 Å². The monoisotopic (exact) mass is 399 g/mol. The number of carbonyl (C=O) groups is 1. The molecule has 148 valence electrons. The lowest BCUT2D eigenvalue weighted by atomic mass is 9.85. The second kappa shape index (κ2) is 5.63. The molecule has 2 aliphatic carbocycles. The van der Waals surface area contributed by atoms with Crippen LogP contribution in [0.25, 0.3) is 0 Å². The molecule has 2 saturated carbocycles. The fraction of sp³-hybridized carbons (Fsp3) is 0.800. The van der Waals surface area contributed by atoms with Crippen LogP contribution in [-0.2, 0) is 14.7 Å². The lowest BCUT2D eigenvalue weighted by Crippen LogP contribution is -2.43. The lowest BCUT2D eigenvalue weighted by molar-refractivity contribution is -0.0530. The topological polar surface area (TPSA) is 152 Å². The Balaban J connectivity index is 1.42. The first-order chi connectivity index (χ1) is 12.8. The Morgan fingerprint density at radius 2 is 2.00 bits per heavy atom. The van der Waals surface area contributed by atoms with Crippen LogP contribution in [-0.4, -0.2) is 57.8 Å². The van der Waals surface area contributed by atoms with Crippen molar-refractivity contribution in [2.45, 2.75) is 62.6 Å². The zero-order valence-corrected chi connectivity index (χ0v) is 15.3. The van der Waals surface area contributed by atoms with Gasteiger partial charge in [0.2, 0.25) is 11.8 Å². The van der Waals surface area contributed by atoms with Gasteiger partial charge in [-0.1, -0.05) is 0 Å². The number of hydrogen-bond acceptors (Lipinski definition) is 8. The second-order valence-corrected chi connectivity index (χ2v) is 9.11. The Hall–Kier alpha value is -1.76. The van der Waals surface area contributed by atoms with E-state index in [0.717, 1.165) is 37.2 Å². The van der Waals surface area contributed by atoms with E-state index in [4.69, 9.17) is 14.7 Å². The van der Waals surface area contributed by atoms with Crippen molar-refractivity contribution >= 4 is 16.4 Å². The van der Waals surface area contributed by atoms with E-state index >= 15 is 0 Å². The van der Waals surface area contributed by atoms with E-state index in [1.165, 1.54) is 4.90 Å². The second-order valence-electron chi connectivity index (χ2n) is 8.11. The number of nitrogens with zero attached hydrogens (tertiary/aromatic N) is 4. The van der Waals surface area contributed by atoms with Crippen molar-refractivity contribution in [2.24, 2.45) is 11.1 Å². The number of nitrogens with two attached hydrogens (primary N) is 1. The van der Waals surface area contributed by atoms with E-state index in [-0.39, 0.29) is 17.4 Å². The van der Waals surface area contributed by atoms with Crippen molar-refractivity contribution in [2.75, 3.05) is 6.54 Å². The van der Waals surface area contributed by atoms with Gasteiger partial charge in [-0.3, -0.25) is 4.55 Å². The highest BCUT2D eigenvalue weighted by atomic mass is 32.3. The van der Waals surface area contributed by atoms with Crippen LogP contribution in [0.5, 0.6) is 0 Å². The molecule has 0 unspecified atom stereocenters. The average Bonchev–Trinajstić information content (AvgIpc) is 2.97. The van der Waals surface area contributed by atoms with Gasteiger partial charge in [-0.15, -0.1) is 14.5 Å². The van der Waals surface area contributed by atoms with E-state index in [1.54, 1.807) is 0 Å². The highest BCUT2D eigenvalue weighted by molar-refractivity contribution is 7.80. The molecule has 4 atom stereocenters. The van der Waals surface area contributed by atoms with Crippen molar-refractivity contribution in [3.8, 4) is 0 Å². The number of hydrogen-bond donors (Lipinski definition) is 2. The maximum atomic E-state index is 12.7. The van der Waals surface area contributed by atoms with Crippen LogP contribution in [0.15, 0.2) is 4.42 Å². The standard InChI is InChI=1S/C15H21N5O6S/c16-9-2-1-8(5-9)12-17-18-13(25-12)10-6-15(3-4-15)11-7-19(10)14(21)20(11)26-27(22,23)24/h8-11H,1-7,16H2,(H,22,23,24)/t8-,9+,10-,11+/m0/s1. The molecule has 12 heteroatoms. The third-order valence-electron chi connectivity index (χ3n) is 6.40. The molecule has 3 heterocycles. The highest BCUT2D eigenvalue weighted by Crippen LogP contribution is 2.61. The number of urea groups is 1. The first kappa shape index (κ1) is 17.3. The Labute approximate surface area is 155 Å². The number of piperidine rings is 1. The largest absolute Gasteiger partial charge is 0.423 e. The van der Waals surface area contributed by atoms with Crippen molar-refractivity contribution in [1.82, 2.24) is 20.2 Å². The number of aromatic nitrogens is 2. The van der Waals surface area contributed by atoms with Gasteiger partial charge < -0.3 is 15.1 Å². The molecule has 27 heavy (non-hydrogen) atoms. The lowest BCUT2D eigenvalue weighted by Gasteiger charge is -2.34. The SMILES string of the molecule is N[C@@H]1CC[C@H](c2nnc([C@@H]3CC4(CC4)[C@H]4CN3C(=O)N4OS(=O)(=O)O)o2)C1. The van der Waals surface area contributed by atoms with Crippen LogP contribution in [0.1, 0.15) is 62.3 Å². The zero-order valence-electron chi connectivity index (χ0n) is 14.5. The minimum Gasteiger partial charge on any atom is -0.423 e. The fourth-order valence-corrected chi connectivity index (χ4v) is 5.19. The molecule has 2 amide bonds.